The first-order chi connectivity index (χ1) is 19.7. The van der Waals surface area contributed by atoms with Crippen LogP contribution in [0.5, 0.6) is 0 Å². The van der Waals surface area contributed by atoms with Gasteiger partial charge in [-0.3, -0.25) is 4.79 Å². The first-order valence-corrected chi connectivity index (χ1v) is 15.1. The second kappa shape index (κ2) is 16.9. The van der Waals surface area contributed by atoms with Crippen LogP contribution in [-0.4, -0.2) is 63.0 Å². The van der Waals surface area contributed by atoms with Gasteiger partial charge in [-0.1, -0.05) is 82.4 Å². The zero-order valence-corrected chi connectivity index (χ0v) is 24.6. The van der Waals surface area contributed by atoms with E-state index in [2.05, 4.69) is 46.3 Å². The largest absolute Gasteiger partial charge is 0.465 e. The van der Waals surface area contributed by atoms with E-state index in [1.165, 1.54) is 19.3 Å². The van der Waals surface area contributed by atoms with Crippen molar-refractivity contribution in [3.63, 3.8) is 0 Å². The summed E-state index contributed by atoms with van der Waals surface area (Å²) in [5.41, 5.74) is 1.79. The van der Waals surface area contributed by atoms with E-state index in [-0.39, 0.29) is 24.4 Å². The fraction of sp³-hybridized carbons (Fsp3) is 0.594. The summed E-state index contributed by atoms with van der Waals surface area (Å²) in [5.74, 6) is 0.744. The minimum Gasteiger partial charge on any atom is -0.465 e. The quantitative estimate of drug-likeness (QED) is 0.156. The van der Waals surface area contributed by atoms with Gasteiger partial charge in [0.15, 0.2) is 0 Å². The highest BCUT2D eigenvalue weighted by Gasteiger charge is 2.31. The van der Waals surface area contributed by atoms with Gasteiger partial charge in [-0.05, 0) is 42.6 Å². The highest BCUT2D eigenvalue weighted by Crippen LogP contribution is 2.29. The standard InChI is InChI=1S/C32H49N5O4/c1-4-25(22(2)3)17-30(38)28(16-24-13-9-6-10-14-24)37-31(39)29(18-26-19-33-21-35-26)34-20-27(36-32(40)41)15-23-11-7-5-8-12-23/h4-5,7-8,11-12,19,21-22,24-25,27-30,34,36,38H,1,6,9-10,13-18,20H2,2-3H3,(H,33,35)(H,37,39)(H,40,41)/t25-,27-,28-,29-,30+/m0/s1. The van der Waals surface area contributed by atoms with Crippen molar-refractivity contribution in [1.29, 1.82) is 0 Å². The van der Waals surface area contributed by atoms with Crippen molar-refractivity contribution in [1.82, 2.24) is 25.9 Å². The second-order valence-corrected chi connectivity index (χ2v) is 11.9. The summed E-state index contributed by atoms with van der Waals surface area (Å²) in [4.78, 5) is 32.5. The number of nitrogens with zero attached hydrogens (tertiary/aromatic N) is 1. The molecule has 3 rings (SSSR count). The lowest BCUT2D eigenvalue weighted by atomic mass is 9.81. The predicted molar refractivity (Wildman–Crippen MR) is 161 cm³/mol. The van der Waals surface area contributed by atoms with Gasteiger partial charge in [0.1, 0.15) is 0 Å². The highest BCUT2D eigenvalue weighted by molar-refractivity contribution is 5.82. The normalized spacial score (nSPS) is 17.8. The summed E-state index contributed by atoms with van der Waals surface area (Å²) >= 11 is 0. The molecule has 0 saturated heterocycles. The molecule has 9 nitrogen and oxygen atoms in total. The van der Waals surface area contributed by atoms with Gasteiger partial charge >= 0.3 is 6.09 Å². The monoisotopic (exact) mass is 567 g/mol. The molecule has 0 aliphatic heterocycles. The number of aliphatic hydroxyl groups excluding tert-OH is 1. The van der Waals surface area contributed by atoms with Crippen LogP contribution in [-0.2, 0) is 17.6 Å². The Balaban J connectivity index is 1.75. The molecule has 2 amide bonds. The van der Waals surface area contributed by atoms with Crippen LogP contribution in [0.4, 0.5) is 4.79 Å². The maximum atomic E-state index is 13.8. The molecule has 0 radical (unpaired) electrons. The van der Waals surface area contributed by atoms with E-state index in [1.54, 1.807) is 12.5 Å². The van der Waals surface area contributed by atoms with E-state index >= 15 is 0 Å². The Morgan fingerprint density at radius 3 is 2.46 bits per heavy atom. The van der Waals surface area contributed by atoms with Crippen LogP contribution in [0.15, 0.2) is 55.5 Å². The van der Waals surface area contributed by atoms with Gasteiger partial charge in [-0.2, -0.15) is 0 Å². The average molecular weight is 568 g/mol. The summed E-state index contributed by atoms with van der Waals surface area (Å²) < 4.78 is 0. The van der Waals surface area contributed by atoms with Crippen molar-refractivity contribution in [2.24, 2.45) is 17.8 Å². The molecule has 6 N–H and O–H groups in total. The molecule has 1 aromatic carbocycles. The number of carboxylic acid groups (broad SMARTS) is 1. The molecular formula is C32H49N5O4. The second-order valence-electron chi connectivity index (χ2n) is 11.9. The third kappa shape index (κ3) is 11.3. The molecule has 0 spiro atoms. The zero-order chi connectivity index (χ0) is 29.6. The third-order valence-electron chi connectivity index (χ3n) is 8.34. The minimum absolute atomic E-state index is 0.149. The molecular weight excluding hydrogens is 518 g/mol. The Kier molecular flexibility index (Phi) is 13.4. The van der Waals surface area contributed by atoms with E-state index in [1.807, 2.05) is 36.4 Å². The Morgan fingerprint density at radius 2 is 1.85 bits per heavy atom. The Labute approximate surface area is 244 Å². The first-order valence-electron chi connectivity index (χ1n) is 15.1. The molecule has 1 heterocycles. The smallest absolute Gasteiger partial charge is 0.404 e. The predicted octanol–water partition coefficient (Wildman–Crippen LogP) is 4.45. The fourth-order valence-electron chi connectivity index (χ4n) is 5.87. The first kappa shape index (κ1) is 32.3. The number of nitrogens with one attached hydrogen (secondary N) is 4. The molecule has 2 aromatic rings. The van der Waals surface area contributed by atoms with Crippen molar-refractivity contribution in [3.8, 4) is 0 Å². The van der Waals surface area contributed by atoms with Crippen molar-refractivity contribution >= 4 is 12.0 Å². The SMILES string of the molecule is C=C[C@@H](C[C@@H](O)[C@H](CC1CCCCC1)NC(=O)[C@H](Cc1cnc[nH]1)NC[C@H](Cc1ccccc1)NC(=O)O)C(C)C. The molecule has 1 aliphatic carbocycles. The van der Waals surface area contributed by atoms with Crippen LogP contribution in [0.3, 0.4) is 0 Å². The number of aromatic nitrogens is 2. The van der Waals surface area contributed by atoms with Crippen LogP contribution in [0.2, 0.25) is 0 Å². The molecule has 9 heteroatoms. The number of allylic oxidation sites excluding steroid dienone is 1. The van der Waals surface area contributed by atoms with E-state index < -0.39 is 24.3 Å². The van der Waals surface area contributed by atoms with Gasteiger partial charge < -0.3 is 31.1 Å². The zero-order valence-electron chi connectivity index (χ0n) is 24.6. The molecule has 1 aliphatic rings. The van der Waals surface area contributed by atoms with E-state index in [4.69, 9.17) is 0 Å². The highest BCUT2D eigenvalue weighted by atomic mass is 16.4. The van der Waals surface area contributed by atoms with Crippen LogP contribution in [0.25, 0.3) is 0 Å². The number of carbonyl (C=O) groups is 2. The molecule has 1 aromatic heterocycles. The van der Waals surface area contributed by atoms with Gasteiger partial charge in [-0.15, -0.1) is 6.58 Å². The van der Waals surface area contributed by atoms with Crippen molar-refractivity contribution < 1.29 is 19.8 Å². The number of rotatable bonds is 17. The number of carbonyl (C=O) groups excluding carboxylic acids is 1. The van der Waals surface area contributed by atoms with Gasteiger partial charge in [0, 0.05) is 30.9 Å². The van der Waals surface area contributed by atoms with Crippen molar-refractivity contribution in [2.75, 3.05) is 6.54 Å². The van der Waals surface area contributed by atoms with Gasteiger partial charge in [0.2, 0.25) is 5.91 Å². The number of aliphatic hydroxyl groups is 1. The van der Waals surface area contributed by atoms with E-state index in [0.717, 1.165) is 30.5 Å². The maximum absolute atomic E-state index is 13.8. The van der Waals surface area contributed by atoms with Crippen LogP contribution < -0.4 is 16.0 Å². The number of benzene rings is 1. The number of hydrogen-bond acceptors (Lipinski definition) is 5. The number of hydrogen-bond donors (Lipinski definition) is 6. The minimum atomic E-state index is -1.11. The molecule has 226 valence electrons. The Morgan fingerprint density at radius 1 is 1.12 bits per heavy atom. The molecule has 0 bridgehead atoms. The number of H-pyrrole nitrogens is 1. The van der Waals surface area contributed by atoms with Crippen molar-refractivity contribution in [2.45, 2.75) is 95.9 Å². The van der Waals surface area contributed by atoms with Gasteiger partial charge in [0.25, 0.3) is 0 Å². The topological polar surface area (TPSA) is 139 Å². The molecule has 1 fully saturated rings. The number of imidazole rings is 1. The van der Waals surface area contributed by atoms with Gasteiger partial charge in [0.05, 0.1) is 24.5 Å². The van der Waals surface area contributed by atoms with Gasteiger partial charge in [-0.25, -0.2) is 9.78 Å². The third-order valence-corrected chi connectivity index (χ3v) is 8.34. The Hall–Kier alpha value is -3.17. The summed E-state index contributed by atoms with van der Waals surface area (Å²) in [5, 5.41) is 29.9. The average Bonchev–Trinajstić information content (AvgIpc) is 3.47. The summed E-state index contributed by atoms with van der Waals surface area (Å²) in [7, 11) is 0. The Bertz CT molecular complexity index is 1040. The molecule has 0 unspecified atom stereocenters. The van der Waals surface area contributed by atoms with Crippen LogP contribution in [0, 0.1) is 17.8 Å². The molecule has 41 heavy (non-hydrogen) atoms. The molecule has 5 atom stereocenters. The lowest BCUT2D eigenvalue weighted by Gasteiger charge is -2.33. The van der Waals surface area contributed by atoms with Crippen LogP contribution in [0.1, 0.15) is 70.1 Å². The summed E-state index contributed by atoms with van der Waals surface area (Å²) in [6.07, 6.45) is 11.3. The fourth-order valence-corrected chi connectivity index (χ4v) is 5.87. The van der Waals surface area contributed by atoms with Crippen molar-refractivity contribution in [3.05, 3.63) is 66.8 Å². The molecule has 1 saturated carbocycles. The maximum Gasteiger partial charge on any atom is 0.404 e. The van der Waals surface area contributed by atoms with Crippen LogP contribution >= 0.6 is 0 Å². The number of aromatic amines is 1. The lowest BCUT2D eigenvalue weighted by molar-refractivity contribution is -0.125. The number of amides is 2. The van der Waals surface area contributed by atoms with E-state index in [0.29, 0.717) is 31.1 Å². The summed E-state index contributed by atoms with van der Waals surface area (Å²) in [6.45, 7) is 8.47. The lowest BCUT2D eigenvalue weighted by Crippen LogP contribution is -2.55. The summed E-state index contributed by atoms with van der Waals surface area (Å²) in [6, 6.07) is 8.21. The van der Waals surface area contributed by atoms with E-state index in [9.17, 15) is 19.8 Å².